The fourth-order valence-corrected chi connectivity index (χ4v) is 3.33. The maximum absolute atomic E-state index is 3.72. The fraction of sp³-hybridized carbons (Fsp3) is 0.625. The smallest absolute Gasteiger partial charge is 0.0511 e. The van der Waals surface area contributed by atoms with Gasteiger partial charge in [0, 0.05) is 23.6 Å². The Morgan fingerprint density at radius 2 is 2.05 bits per heavy atom. The highest BCUT2D eigenvalue weighted by Crippen LogP contribution is 2.30. The number of aryl methyl sites for hydroxylation is 1. The van der Waals surface area contributed by atoms with Crippen molar-refractivity contribution in [2.45, 2.75) is 40.2 Å². The van der Waals surface area contributed by atoms with Crippen LogP contribution < -0.4 is 10.2 Å². The minimum atomic E-state index is 0.291. The lowest BCUT2D eigenvalue weighted by Crippen LogP contribution is -2.46. The minimum absolute atomic E-state index is 0.291. The van der Waals surface area contributed by atoms with Crippen molar-refractivity contribution in [3.63, 3.8) is 0 Å². The van der Waals surface area contributed by atoms with Gasteiger partial charge in [-0.25, -0.2) is 0 Å². The molecule has 0 aliphatic carbocycles. The SMILES string of the molecule is Cc1ccc(N2CCCNC(C(C)(C)C)C2)c(Br)c1. The molecular formula is C16H25BrN2. The van der Waals surface area contributed by atoms with Gasteiger partial charge >= 0.3 is 0 Å². The molecule has 1 aliphatic rings. The van der Waals surface area contributed by atoms with Crippen LogP contribution in [0.4, 0.5) is 5.69 Å². The van der Waals surface area contributed by atoms with Crippen LogP contribution in [0, 0.1) is 12.3 Å². The Hall–Kier alpha value is -0.540. The average molecular weight is 325 g/mol. The van der Waals surface area contributed by atoms with E-state index in [1.165, 1.54) is 22.1 Å². The Morgan fingerprint density at radius 3 is 2.68 bits per heavy atom. The molecule has 2 nitrogen and oxygen atoms in total. The van der Waals surface area contributed by atoms with E-state index in [9.17, 15) is 0 Å². The van der Waals surface area contributed by atoms with Crippen LogP contribution in [0.15, 0.2) is 22.7 Å². The zero-order valence-corrected chi connectivity index (χ0v) is 14.0. The zero-order chi connectivity index (χ0) is 14.0. The summed E-state index contributed by atoms with van der Waals surface area (Å²) in [6, 6.07) is 7.18. The van der Waals surface area contributed by atoms with E-state index >= 15 is 0 Å². The first-order chi connectivity index (χ1) is 8.88. The monoisotopic (exact) mass is 324 g/mol. The van der Waals surface area contributed by atoms with Crippen molar-refractivity contribution in [1.29, 1.82) is 0 Å². The van der Waals surface area contributed by atoms with E-state index in [1.807, 2.05) is 0 Å². The van der Waals surface area contributed by atoms with Crippen LogP contribution in [-0.2, 0) is 0 Å². The van der Waals surface area contributed by atoms with Crippen LogP contribution in [0.1, 0.15) is 32.8 Å². The third-order valence-electron chi connectivity index (χ3n) is 3.89. The number of nitrogens with zero attached hydrogens (tertiary/aromatic N) is 1. The highest BCUT2D eigenvalue weighted by molar-refractivity contribution is 9.10. The number of hydrogen-bond acceptors (Lipinski definition) is 2. The standard InChI is InChI=1S/C16H25BrN2/c1-12-6-7-14(13(17)10-12)19-9-5-8-18-15(11-19)16(2,3)4/h6-7,10,15,18H,5,8-9,11H2,1-4H3. The summed E-state index contributed by atoms with van der Waals surface area (Å²) in [5, 5.41) is 3.70. The molecule has 0 saturated carbocycles. The molecule has 1 aliphatic heterocycles. The van der Waals surface area contributed by atoms with Gasteiger partial charge in [-0.15, -0.1) is 0 Å². The number of nitrogens with one attached hydrogen (secondary N) is 1. The van der Waals surface area contributed by atoms with Gasteiger partial charge in [0.2, 0.25) is 0 Å². The van der Waals surface area contributed by atoms with E-state index in [1.54, 1.807) is 0 Å². The third-order valence-corrected chi connectivity index (χ3v) is 4.52. The number of halogens is 1. The maximum atomic E-state index is 3.72. The molecule has 2 rings (SSSR count). The molecule has 1 heterocycles. The van der Waals surface area contributed by atoms with Crippen LogP contribution >= 0.6 is 15.9 Å². The quantitative estimate of drug-likeness (QED) is 0.840. The first-order valence-corrected chi connectivity index (χ1v) is 7.92. The lowest BCUT2D eigenvalue weighted by Gasteiger charge is -2.35. The normalized spacial score (nSPS) is 21.3. The average Bonchev–Trinajstić information content (AvgIpc) is 2.54. The van der Waals surface area contributed by atoms with Crippen molar-refractivity contribution in [3.05, 3.63) is 28.2 Å². The Kier molecular flexibility index (Phi) is 4.57. The molecule has 0 spiro atoms. The molecule has 1 atom stereocenters. The van der Waals surface area contributed by atoms with Gasteiger partial charge in [-0.1, -0.05) is 26.8 Å². The highest BCUT2D eigenvalue weighted by atomic mass is 79.9. The molecule has 19 heavy (non-hydrogen) atoms. The second-order valence-corrected chi connectivity index (χ2v) is 7.48. The lowest BCUT2D eigenvalue weighted by atomic mass is 9.86. The van der Waals surface area contributed by atoms with Gasteiger partial charge in [0.25, 0.3) is 0 Å². The number of hydrogen-bond donors (Lipinski definition) is 1. The topological polar surface area (TPSA) is 15.3 Å². The first kappa shape index (κ1) is 14.9. The molecule has 0 aromatic heterocycles. The predicted molar refractivity (Wildman–Crippen MR) is 87.0 cm³/mol. The van der Waals surface area contributed by atoms with E-state index in [4.69, 9.17) is 0 Å². The summed E-state index contributed by atoms with van der Waals surface area (Å²) >= 11 is 3.72. The van der Waals surface area contributed by atoms with Crippen LogP contribution in [0.3, 0.4) is 0 Å². The van der Waals surface area contributed by atoms with E-state index in [2.05, 4.69) is 72.0 Å². The van der Waals surface area contributed by atoms with Crippen molar-refractivity contribution in [3.8, 4) is 0 Å². The summed E-state index contributed by atoms with van der Waals surface area (Å²) in [6.07, 6.45) is 1.20. The zero-order valence-electron chi connectivity index (χ0n) is 12.5. The van der Waals surface area contributed by atoms with Gasteiger partial charge in [0.05, 0.1) is 5.69 Å². The summed E-state index contributed by atoms with van der Waals surface area (Å²) in [7, 11) is 0. The van der Waals surface area contributed by atoms with Gasteiger partial charge in [0.1, 0.15) is 0 Å². The van der Waals surface area contributed by atoms with Crippen molar-refractivity contribution < 1.29 is 0 Å². The second-order valence-electron chi connectivity index (χ2n) is 6.63. The molecular weight excluding hydrogens is 300 g/mol. The minimum Gasteiger partial charge on any atom is -0.369 e. The van der Waals surface area contributed by atoms with Crippen LogP contribution in [-0.4, -0.2) is 25.7 Å². The molecule has 1 unspecified atom stereocenters. The fourth-order valence-electron chi connectivity index (χ4n) is 2.59. The lowest BCUT2D eigenvalue weighted by molar-refractivity contribution is 0.280. The molecule has 3 heteroatoms. The first-order valence-electron chi connectivity index (χ1n) is 7.12. The van der Waals surface area contributed by atoms with Gasteiger partial charge in [-0.05, 0) is 58.9 Å². The number of benzene rings is 1. The molecule has 1 fully saturated rings. The molecule has 1 aromatic carbocycles. The Labute approximate surface area is 125 Å². The number of anilines is 1. The Bertz CT molecular complexity index is 437. The molecule has 1 N–H and O–H groups in total. The summed E-state index contributed by atoms with van der Waals surface area (Å²) in [4.78, 5) is 2.51. The van der Waals surface area contributed by atoms with E-state index < -0.39 is 0 Å². The molecule has 0 bridgehead atoms. The van der Waals surface area contributed by atoms with E-state index in [0.29, 0.717) is 11.5 Å². The molecule has 106 valence electrons. The van der Waals surface area contributed by atoms with Crippen LogP contribution in [0.5, 0.6) is 0 Å². The molecule has 1 saturated heterocycles. The van der Waals surface area contributed by atoms with Gasteiger partial charge < -0.3 is 10.2 Å². The van der Waals surface area contributed by atoms with Crippen molar-refractivity contribution >= 4 is 21.6 Å². The largest absolute Gasteiger partial charge is 0.369 e. The third kappa shape index (κ3) is 3.73. The summed E-state index contributed by atoms with van der Waals surface area (Å²) < 4.78 is 1.21. The van der Waals surface area contributed by atoms with Gasteiger partial charge in [-0.2, -0.15) is 0 Å². The Balaban J connectivity index is 2.22. The van der Waals surface area contributed by atoms with Gasteiger partial charge in [-0.3, -0.25) is 0 Å². The van der Waals surface area contributed by atoms with Crippen molar-refractivity contribution in [1.82, 2.24) is 5.32 Å². The predicted octanol–water partition coefficient (Wildman–Crippen LogP) is 3.97. The second kappa shape index (κ2) is 5.84. The maximum Gasteiger partial charge on any atom is 0.0511 e. The van der Waals surface area contributed by atoms with E-state index in [-0.39, 0.29) is 0 Å². The van der Waals surface area contributed by atoms with E-state index in [0.717, 1.165) is 19.6 Å². The van der Waals surface area contributed by atoms with Gasteiger partial charge in [0.15, 0.2) is 0 Å². The summed E-state index contributed by atoms with van der Waals surface area (Å²) in [5.41, 5.74) is 2.92. The summed E-state index contributed by atoms with van der Waals surface area (Å²) in [5.74, 6) is 0. The van der Waals surface area contributed by atoms with Crippen LogP contribution in [0.25, 0.3) is 0 Å². The molecule has 0 amide bonds. The Morgan fingerprint density at radius 1 is 1.32 bits per heavy atom. The number of rotatable bonds is 1. The highest BCUT2D eigenvalue weighted by Gasteiger charge is 2.28. The molecule has 0 radical (unpaired) electrons. The summed E-state index contributed by atoms with van der Waals surface area (Å²) in [6.45, 7) is 12.4. The van der Waals surface area contributed by atoms with Crippen molar-refractivity contribution in [2.75, 3.05) is 24.5 Å². The molecule has 1 aromatic rings. The van der Waals surface area contributed by atoms with Crippen molar-refractivity contribution in [2.24, 2.45) is 5.41 Å². The van der Waals surface area contributed by atoms with Crippen LogP contribution in [0.2, 0.25) is 0 Å².